The van der Waals surface area contributed by atoms with Gasteiger partial charge in [-0.15, -0.1) is 0 Å². The molecule has 0 bridgehead atoms. The van der Waals surface area contributed by atoms with Gasteiger partial charge in [0.1, 0.15) is 17.1 Å². The Balaban J connectivity index is 2.45. The topological polar surface area (TPSA) is 131 Å². The minimum absolute atomic E-state index is 0.000278. The smallest absolute Gasteiger partial charge is 0.337 e. The number of ether oxygens (including phenoxy) is 2. The third-order valence-corrected chi connectivity index (χ3v) is 4.84. The van der Waals surface area contributed by atoms with Crippen LogP contribution in [0.1, 0.15) is 19.8 Å². The lowest BCUT2D eigenvalue weighted by Crippen LogP contribution is -2.31. The molecule has 0 aliphatic carbocycles. The number of amides is 1. The average Bonchev–Trinajstić information content (AvgIpc) is 2.99. The summed E-state index contributed by atoms with van der Waals surface area (Å²) in [4.78, 5) is 36.9. The molecule has 0 aromatic heterocycles. The molecule has 0 fully saturated rings. The highest BCUT2D eigenvalue weighted by Crippen LogP contribution is 2.37. The van der Waals surface area contributed by atoms with Crippen LogP contribution in [0.2, 0.25) is 0 Å². The molecule has 0 saturated carbocycles. The summed E-state index contributed by atoms with van der Waals surface area (Å²) in [5.74, 6) is -0.935. The largest absolute Gasteiger partial charge is 0.492 e. The van der Waals surface area contributed by atoms with Crippen LogP contribution in [-0.4, -0.2) is 60.2 Å². The molecule has 2 N–H and O–H groups in total. The summed E-state index contributed by atoms with van der Waals surface area (Å²) in [7, 11) is 1.17. The van der Waals surface area contributed by atoms with Crippen molar-refractivity contribution in [2.75, 3.05) is 38.7 Å². The standard InChI is InChI=1S/C18H22BrN3O7/c1-3-4-7-29-15-9-13(14(22(26)27)8-12(15)19)20-16-11(18(25)28-2)10-21(5-6-23)17(16)24/h8-9,20,23H,3-7,10H2,1-2H3. The minimum Gasteiger partial charge on any atom is -0.492 e. The van der Waals surface area contributed by atoms with Gasteiger partial charge in [0.25, 0.3) is 11.6 Å². The molecule has 1 aliphatic heterocycles. The van der Waals surface area contributed by atoms with Gasteiger partial charge < -0.3 is 24.8 Å². The second-order valence-electron chi connectivity index (χ2n) is 6.18. The van der Waals surface area contributed by atoms with E-state index < -0.39 is 16.8 Å². The molecule has 11 heteroatoms. The van der Waals surface area contributed by atoms with Crippen LogP contribution in [-0.2, 0) is 14.3 Å². The van der Waals surface area contributed by atoms with Crippen molar-refractivity contribution in [3.05, 3.63) is 38.0 Å². The van der Waals surface area contributed by atoms with Crippen molar-refractivity contribution in [3.8, 4) is 5.75 Å². The zero-order valence-corrected chi connectivity index (χ0v) is 17.7. The number of unbranched alkanes of at least 4 members (excludes halogenated alkanes) is 1. The van der Waals surface area contributed by atoms with E-state index in [2.05, 4.69) is 21.2 Å². The van der Waals surface area contributed by atoms with Crippen LogP contribution in [0, 0.1) is 10.1 Å². The fourth-order valence-electron chi connectivity index (χ4n) is 2.71. The number of benzene rings is 1. The Morgan fingerprint density at radius 2 is 2.17 bits per heavy atom. The molecular weight excluding hydrogens is 450 g/mol. The van der Waals surface area contributed by atoms with E-state index >= 15 is 0 Å². The van der Waals surface area contributed by atoms with Crippen LogP contribution in [0.25, 0.3) is 0 Å². The SMILES string of the molecule is CCCCOc1cc(NC2=C(C(=O)OC)CN(CCO)C2=O)c([N+](=O)[O-])cc1Br. The number of aliphatic hydroxyl groups excluding tert-OH is 1. The van der Waals surface area contributed by atoms with Crippen molar-refractivity contribution < 1.29 is 29.1 Å². The number of β-amino-alcohol motifs (C(OH)–C–C–N with tert-alkyl or cyclic N) is 1. The van der Waals surface area contributed by atoms with Crippen molar-refractivity contribution in [1.29, 1.82) is 0 Å². The number of rotatable bonds is 10. The number of nitrogens with one attached hydrogen (secondary N) is 1. The molecule has 1 aliphatic rings. The molecule has 29 heavy (non-hydrogen) atoms. The summed E-state index contributed by atoms with van der Waals surface area (Å²) in [6.45, 7) is 2.08. The molecule has 0 radical (unpaired) electrons. The quantitative estimate of drug-likeness (QED) is 0.229. The fraction of sp³-hybridized carbons (Fsp3) is 0.444. The molecule has 0 unspecified atom stereocenters. The minimum atomic E-state index is -0.736. The van der Waals surface area contributed by atoms with E-state index in [0.29, 0.717) is 16.8 Å². The summed E-state index contributed by atoms with van der Waals surface area (Å²) in [5.41, 5.74) is -0.406. The predicted molar refractivity (Wildman–Crippen MR) is 108 cm³/mol. The van der Waals surface area contributed by atoms with E-state index in [4.69, 9.17) is 14.6 Å². The highest BCUT2D eigenvalue weighted by atomic mass is 79.9. The van der Waals surface area contributed by atoms with Gasteiger partial charge in [-0.2, -0.15) is 0 Å². The lowest BCUT2D eigenvalue weighted by molar-refractivity contribution is -0.384. The summed E-state index contributed by atoms with van der Waals surface area (Å²) >= 11 is 3.26. The van der Waals surface area contributed by atoms with Gasteiger partial charge in [0, 0.05) is 18.7 Å². The number of hydrogen-bond acceptors (Lipinski definition) is 8. The van der Waals surface area contributed by atoms with Crippen LogP contribution in [0.4, 0.5) is 11.4 Å². The normalized spacial score (nSPS) is 13.7. The first-order valence-electron chi connectivity index (χ1n) is 8.93. The van der Waals surface area contributed by atoms with Gasteiger partial charge in [-0.3, -0.25) is 14.9 Å². The number of aliphatic hydroxyl groups is 1. The van der Waals surface area contributed by atoms with E-state index in [0.717, 1.165) is 12.8 Å². The Morgan fingerprint density at radius 3 is 2.76 bits per heavy atom. The number of anilines is 1. The van der Waals surface area contributed by atoms with Crippen molar-refractivity contribution in [3.63, 3.8) is 0 Å². The molecule has 1 heterocycles. The van der Waals surface area contributed by atoms with Gasteiger partial charge in [0.2, 0.25) is 0 Å². The lowest BCUT2D eigenvalue weighted by Gasteiger charge is -2.15. The monoisotopic (exact) mass is 471 g/mol. The van der Waals surface area contributed by atoms with E-state index in [1.54, 1.807) is 0 Å². The first-order valence-corrected chi connectivity index (χ1v) is 9.72. The van der Waals surface area contributed by atoms with Crippen LogP contribution in [0.15, 0.2) is 27.9 Å². The second kappa shape index (κ2) is 10.2. The van der Waals surface area contributed by atoms with E-state index in [1.807, 2.05) is 6.92 Å². The number of nitro benzene ring substituents is 1. The lowest BCUT2D eigenvalue weighted by atomic mass is 10.2. The zero-order valence-electron chi connectivity index (χ0n) is 16.1. The fourth-order valence-corrected chi connectivity index (χ4v) is 3.16. The highest BCUT2D eigenvalue weighted by Gasteiger charge is 2.35. The summed E-state index contributed by atoms with van der Waals surface area (Å²) in [5, 5.41) is 23.4. The number of halogens is 1. The van der Waals surface area contributed by atoms with E-state index in [1.165, 1.54) is 24.1 Å². The van der Waals surface area contributed by atoms with Crippen molar-refractivity contribution >= 4 is 39.2 Å². The van der Waals surface area contributed by atoms with Gasteiger partial charge in [-0.05, 0) is 22.4 Å². The van der Waals surface area contributed by atoms with Crippen molar-refractivity contribution in [1.82, 2.24) is 4.90 Å². The Morgan fingerprint density at radius 1 is 1.45 bits per heavy atom. The van der Waals surface area contributed by atoms with Gasteiger partial charge >= 0.3 is 5.97 Å². The first-order chi connectivity index (χ1) is 13.8. The molecule has 1 aromatic rings. The number of nitrogens with zero attached hydrogens (tertiary/aromatic N) is 2. The second-order valence-corrected chi connectivity index (χ2v) is 7.03. The van der Waals surface area contributed by atoms with Gasteiger partial charge in [-0.1, -0.05) is 13.3 Å². The number of nitro groups is 1. The Kier molecular flexibility index (Phi) is 7.97. The van der Waals surface area contributed by atoms with Crippen LogP contribution in [0.3, 0.4) is 0 Å². The third kappa shape index (κ3) is 5.24. The van der Waals surface area contributed by atoms with Crippen molar-refractivity contribution in [2.45, 2.75) is 19.8 Å². The molecule has 158 valence electrons. The Labute approximate surface area is 175 Å². The van der Waals surface area contributed by atoms with Crippen LogP contribution in [0.5, 0.6) is 5.75 Å². The zero-order chi connectivity index (χ0) is 21.6. The molecule has 1 amide bonds. The number of hydrogen-bond donors (Lipinski definition) is 2. The maximum Gasteiger partial charge on any atom is 0.337 e. The molecule has 0 atom stereocenters. The van der Waals surface area contributed by atoms with E-state index in [-0.39, 0.29) is 42.3 Å². The third-order valence-electron chi connectivity index (χ3n) is 4.22. The van der Waals surface area contributed by atoms with Gasteiger partial charge in [-0.25, -0.2) is 4.79 Å². The number of esters is 1. The predicted octanol–water partition coefficient (Wildman–Crippen LogP) is 2.21. The average molecular weight is 472 g/mol. The summed E-state index contributed by atoms with van der Waals surface area (Å²) < 4.78 is 10.8. The number of carbonyl (C=O) groups is 2. The molecule has 0 spiro atoms. The Hall–Kier alpha value is -2.66. The van der Waals surface area contributed by atoms with Gasteiger partial charge in [0.15, 0.2) is 0 Å². The summed E-state index contributed by atoms with van der Waals surface area (Å²) in [6.07, 6.45) is 1.72. The number of carbonyl (C=O) groups excluding carboxylic acids is 2. The molecule has 10 nitrogen and oxygen atoms in total. The first kappa shape index (κ1) is 22.6. The van der Waals surface area contributed by atoms with Crippen LogP contribution >= 0.6 is 15.9 Å². The maximum atomic E-state index is 12.7. The Bertz CT molecular complexity index is 841. The molecular formula is C18H22BrN3O7. The van der Waals surface area contributed by atoms with Crippen LogP contribution < -0.4 is 10.1 Å². The van der Waals surface area contributed by atoms with Crippen molar-refractivity contribution in [2.24, 2.45) is 0 Å². The summed E-state index contributed by atoms with van der Waals surface area (Å²) in [6, 6.07) is 2.68. The molecule has 0 saturated heterocycles. The highest BCUT2D eigenvalue weighted by molar-refractivity contribution is 9.10. The molecule has 1 aromatic carbocycles. The number of methoxy groups -OCH3 is 1. The molecule has 2 rings (SSSR count). The maximum absolute atomic E-state index is 12.7. The van der Waals surface area contributed by atoms with E-state index in [9.17, 15) is 19.7 Å². The van der Waals surface area contributed by atoms with Gasteiger partial charge in [0.05, 0.1) is 41.8 Å².